The topological polar surface area (TPSA) is 67.4 Å². The lowest BCUT2D eigenvalue weighted by Crippen LogP contribution is -2.15. The van der Waals surface area contributed by atoms with E-state index in [2.05, 4.69) is 10.6 Å². The van der Waals surface area contributed by atoms with E-state index in [0.29, 0.717) is 17.0 Å². The first-order valence-electron chi connectivity index (χ1n) is 9.50. The highest BCUT2D eigenvalue weighted by molar-refractivity contribution is 8.00. The standard InChI is InChI=1S/C24H24N2O3S/c1-16-6-4-7-17(2)23(16)26-22(27)15-30-21-9-5-8-19(14-21)25-24(28)18-10-12-20(29-3)13-11-18/h4-14H,15H2,1-3H3,(H,25,28)(H,26,27). The van der Waals surface area contributed by atoms with Crippen LogP contribution in [0.25, 0.3) is 0 Å². The van der Waals surface area contributed by atoms with Crippen molar-refractivity contribution in [3.63, 3.8) is 0 Å². The molecule has 5 nitrogen and oxygen atoms in total. The molecule has 0 bridgehead atoms. The number of aryl methyl sites for hydroxylation is 2. The maximum absolute atomic E-state index is 12.4. The molecule has 0 aliphatic heterocycles. The van der Waals surface area contributed by atoms with Crippen LogP contribution in [0, 0.1) is 13.8 Å². The second-order valence-corrected chi connectivity index (χ2v) is 7.86. The molecule has 2 N–H and O–H groups in total. The van der Waals surface area contributed by atoms with Crippen molar-refractivity contribution in [2.45, 2.75) is 18.7 Å². The van der Waals surface area contributed by atoms with Gasteiger partial charge >= 0.3 is 0 Å². The molecule has 0 saturated heterocycles. The molecule has 154 valence electrons. The van der Waals surface area contributed by atoms with E-state index in [1.165, 1.54) is 11.8 Å². The van der Waals surface area contributed by atoms with Gasteiger partial charge in [-0.05, 0) is 67.4 Å². The van der Waals surface area contributed by atoms with Gasteiger partial charge in [0.05, 0.1) is 12.9 Å². The molecular formula is C24H24N2O3S. The summed E-state index contributed by atoms with van der Waals surface area (Å²) >= 11 is 1.42. The number of carbonyl (C=O) groups excluding carboxylic acids is 2. The molecule has 0 heterocycles. The summed E-state index contributed by atoms with van der Waals surface area (Å²) in [5.74, 6) is 0.714. The zero-order chi connectivity index (χ0) is 21.5. The summed E-state index contributed by atoms with van der Waals surface area (Å²) in [6.07, 6.45) is 0. The van der Waals surface area contributed by atoms with Gasteiger partial charge in [0.15, 0.2) is 0 Å². The normalized spacial score (nSPS) is 10.4. The highest BCUT2D eigenvalue weighted by atomic mass is 32.2. The van der Waals surface area contributed by atoms with Crippen LogP contribution in [0.3, 0.4) is 0 Å². The number of nitrogens with one attached hydrogen (secondary N) is 2. The minimum atomic E-state index is -0.201. The van der Waals surface area contributed by atoms with Gasteiger partial charge in [-0.2, -0.15) is 0 Å². The third-order valence-corrected chi connectivity index (χ3v) is 5.55. The Morgan fingerprint density at radius 1 is 0.900 bits per heavy atom. The summed E-state index contributed by atoms with van der Waals surface area (Å²) in [7, 11) is 1.58. The van der Waals surface area contributed by atoms with Gasteiger partial charge in [-0.1, -0.05) is 24.3 Å². The van der Waals surface area contributed by atoms with Crippen molar-refractivity contribution in [1.29, 1.82) is 0 Å². The number of methoxy groups -OCH3 is 1. The predicted molar refractivity (Wildman–Crippen MR) is 123 cm³/mol. The van der Waals surface area contributed by atoms with Crippen LogP contribution in [0.1, 0.15) is 21.5 Å². The summed E-state index contributed by atoms with van der Waals surface area (Å²) in [5, 5.41) is 5.87. The Kier molecular flexibility index (Phi) is 7.14. The average Bonchev–Trinajstić information content (AvgIpc) is 2.75. The van der Waals surface area contributed by atoms with E-state index in [4.69, 9.17) is 4.74 Å². The average molecular weight is 421 g/mol. The highest BCUT2D eigenvalue weighted by Gasteiger charge is 2.10. The Morgan fingerprint density at radius 3 is 2.23 bits per heavy atom. The molecule has 2 amide bonds. The molecule has 0 aromatic heterocycles. The zero-order valence-corrected chi connectivity index (χ0v) is 18.0. The van der Waals surface area contributed by atoms with Crippen LogP contribution in [-0.4, -0.2) is 24.7 Å². The Labute approximate surface area is 180 Å². The van der Waals surface area contributed by atoms with E-state index in [-0.39, 0.29) is 17.6 Å². The van der Waals surface area contributed by atoms with E-state index in [1.54, 1.807) is 31.4 Å². The van der Waals surface area contributed by atoms with E-state index < -0.39 is 0 Å². The van der Waals surface area contributed by atoms with Gasteiger partial charge in [-0.15, -0.1) is 11.8 Å². The number of ether oxygens (including phenoxy) is 1. The molecule has 30 heavy (non-hydrogen) atoms. The molecule has 0 saturated carbocycles. The maximum Gasteiger partial charge on any atom is 0.255 e. The van der Waals surface area contributed by atoms with Crippen molar-refractivity contribution in [2.24, 2.45) is 0 Å². The molecule has 0 unspecified atom stereocenters. The third kappa shape index (κ3) is 5.64. The lowest BCUT2D eigenvalue weighted by Gasteiger charge is -2.11. The number of para-hydroxylation sites is 1. The lowest BCUT2D eigenvalue weighted by molar-refractivity contribution is -0.113. The first-order valence-corrected chi connectivity index (χ1v) is 10.5. The third-order valence-electron chi connectivity index (χ3n) is 4.56. The molecule has 3 rings (SSSR count). The van der Waals surface area contributed by atoms with Crippen molar-refractivity contribution >= 4 is 35.0 Å². The maximum atomic E-state index is 12.4. The first-order chi connectivity index (χ1) is 14.5. The fourth-order valence-electron chi connectivity index (χ4n) is 2.95. The van der Waals surface area contributed by atoms with Crippen molar-refractivity contribution < 1.29 is 14.3 Å². The number of hydrogen-bond acceptors (Lipinski definition) is 4. The Balaban J connectivity index is 1.58. The fourth-order valence-corrected chi connectivity index (χ4v) is 3.70. The van der Waals surface area contributed by atoms with Gasteiger partial charge in [-0.25, -0.2) is 0 Å². The molecule has 0 radical (unpaired) electrons. The Morgan fingerprint density at radius 2 is 1.57 bits per heavy atom. The first kappa shape index (κ1) is 21.5. The van der Waals surface area contributed by atoms with Crippen molar-refractivity contribution in [1.82, 2.24) is 0 Å². The van der Waals surface area contributed by atoms with E-state index in [0.717, 1.165) is 21.7 Å². The largest absolute Gasteiger partial charge is 0.497 e. The summed E-state index contributed by atoms with van der Waals surface area (Å²) in [6, 6.07) is 20.3. The molecule has 0 spiro atoms. The number of amides is 2. The van der Waals surface area contributed by atoms with Gasteiger partial charge in [0.25, 0.3) is 5.91 Å². The van der Waals surface area contributed by atoms with Crippen LogP contribution >= 0.6 is 11.8 Å². The zero-order valence-electron chi connectivity index (χ0n) is 17.2. The minimum absolute atomic E-state index is 0.0647. The number of anilines is 2. The summed E-state index contributed by atoms with van der Waals surface area (Å²) in [4.78, 5) is 25.7. The van der Waals surface area contributed by atoms with E-state index in [1.807, 2.05) is 56.3 Å². The van der Waals surface area contributed by atoms with Crippen molar-refractivity contribution in [3.05, 3.63) is 83.4 Å². The Bertz CT molecular complexity index is 1030. The van der Waals surface area contributed by atoms with Crippen LogP contribution < -0.4 is 15.4 Å². The van der Waals surface area contributed by atoms with Crippen LogP contribution in [0.2, 0.25) is 0 Å². The van der Waals surface area contributed by atoms with Gasteiger partial charge in [0, 0.05) is 21.8 Å². The quantitative estimate of drug-likeness (QED) is 0.509. The summed E-state index contributed by atoms with van der Waals surface area (Å²) in [5.41, 5.74) is 4.16. The molecule has 3 aromatic carbocycles. The molecule has 3 aromatic rings. The number of benzene rings is 3. The van der Waals surface area contributed by atoms with Crippen LogP contribution in [0.4, 0.5) is 11.4 Å². The fraction of sp³-hybridized carbons (Fsp3) is 0.167. The monoisotopic (exact) mass is 420 g/mol. The van der Waals surface area contributed by atoms with Crippen LogP contribution in [-0.2, 0) is 4.79 Å². The molecule has 0 fully saturated rings. The smallest absolute Gasteiger partial charge is 0.255 e. The summed E-state index contributed by atoms with van der Waals surface area (Å²) < 4.78 is 5.11. The number of rotatable bonds is 7. The Hall–Kier alpha value is -3.25. The van der Waals surface area contributed by atoms with Crippen LogP contribution in [0.15, 0.2) is 71.6 Å². The summed E-state index contributed by atoms with van der Waals surface area (Å²) in [6.45, 7) is 3.95. The molecule has 0 aliphatic rings. The SMILES string of the molecule is COc1ccc(C(=O)Nc2cccc(SCC(=O)Nc3c(C)cccc3C)c2)cc1. The molecule has 0 atom stereocenters. The van der Waals surface area contributed by atoms with E-state index >= 15 is 0 Å². The van der Waals surface area contributed by atoms with E-state index in [9.17, 15) is 9.59 Å². The second-order valence-electron chi connectivity index (χ2n) is 6.81. The second kappa shape index (κ2) is 9.98. The van der Waals surface area contributed by atoms with Crippen molar-refractivity contribution in [3.8, 4) is 5.75 Å². The number of hydrogen-bond donors (Lipinski definition) is 2. The molecule has 0 aliphatic carbocycles. The van der Waals surface area contributed by atoms with Gasteiger partial charge in [0.2, 0.25) is 5.91 Å². The minimum Gasteiger partial charge on any atom is -0.497 e. The molecule has 6 heteroatoms. The van der Waals surface area contributed by atoms with Gasteiger partial charge in [0.1, 0.15) is 5.75 Å². The predicted octanol–water partition coefficient (Wildman–Crippen LogP) is 5.30. The number of thioether (sulfide) groups is 1. The lowest BCUT2D eigenvalue weighted by atomic mass is 10.1. The highest BCUT2D eigenvalue weighted by Crippen LogP contribution is 2.24. The number of carbonyl (C=O) groups is 2. The molecular weight excluding hydrogens is 396 g/mol. The van der Waals surface area contributed by atoms with Crippen molar-refractivity contribution in [2.75, 3.05) is 23.5 Å². The van der Waals surface area contributed by atoms with Gasteiger partial charge < -0.3 is 15.4 Å². The van der Waals surface area contributed by atoms with Gasteiger partial charge in [-0.3, -0.25) is 9.59 Å². The van der Waals surface area contributed by atoms with Crippen LogP contribution in [0.5, 0.6) is 5.75 Å².